The lowest BCUT2D eigenvalue weighted by atomic mass is 9.78. The predicted octanol–water partition coefficient (Wildman–Crippen LogP) is 3.89. The smallest absolute Gasteiger partial charge is 0.317 e. The number of nitrogens with one attached hydrogen (secondary N) is 1. The van der Waals surface area contributed by atoms with Gasteiger partial charge in [0.1, 0.15) is 0 Å². The molecule has 1 aliphatic carbocycles. The third kappa shape index (κ3) is 5.65. The number of rotatable bonds is 7. The highest BCUT2D eigenvalue weighted by Crippen LogP contribution is 2.36. The zero-order valence-electron chi connectivity index (χ0n) is 20.3. The Morgan fingerprint density at radius 1 is 1.09 bits per heavy atom. The average molecular weight is 472 g/mol. The van der Waals surface area contributed by atoms with Gasteiger partial charge in [-0.2, -0.15) is 0 Å². The number of benzene rings is 1. The molecule has 2 amide bonds. The topological polar surface area (TPSA) is 100 Å². The summed E-state index contributed by atoms with van der Waals surface area (Å²) in [7, 11) is 3.25. The molecule has 3 aliphatic rings. The second-order valence-corrected chi connectivity index (χ2v) is 9.78. The first-order valence-corrected chi connectivity index (χ1v) is 12.5. The first-order chi connectivity index (χ1) is 16.5. The molecule has 1 saturated heterocycles. The number of carboxylic acid groups (broad SMARTS) is 1. The number of hydrogen-bond acceptors (Lipinski definition) is 5. The van der Waals surface area contributed by atoms with E-state index in [1.807, 2.05) is 17.0 Å². The van der Waals surface area contributed by atoms with Crippen molar-refractivity contribution in [1.82, 2.24) is 10.2 Å². The Labute approximate surface area is 201 Å². The van der Waals surface area contributed by atoms with Crippen LogP contribution < -0.4 is 14.8 Å². The third-order valence-corrected chi connectivity index (χ3v) is 7.61. The van der Waals surface area contributed by atoms with Crippen molar-refractivity contribution in [2.24, 2.45) is 16.8 Å². The molecule has 0 bridgehead atoms. The normalized spacial score (nSPS) is 23.0. The molecule has 186 valence electrons. The molecule has 1 aromatic carbocycles. The Kier molecular flexibility index (Phi) is 7.95. The quantitative estimate of drug-likeness (QED) is 0.628. The van der Waals surface area contributed by atoms with Crippen LogP contribution in [0.2, 0.25) is 0 Å². The molecule has 2 heterocycles. The molecule has 4 rings (SSSR count). The van der Waals surface area contributed by atoms with E-state index in [1.54, 1.807) is 14.2 Å². The van der Waals surface area contributed by atoms with Crippen LogP contribution in [0.3, 0.4) is 0 Å². The van der Waals surface area contributed by atoms with Crippen molar-refractivity contribution >= 4 is 17.7 Å². The highest BCUT2D eigenvalue weighted by atomic mass is 16.5. The minimum atomic E-state index is -0.785. The number of carbonyl (C=O) groups excluding carboxylic acids is 1. The molecule has 8 heteroatoms. The van der Waals surface area contributed by atoms with Crippen molar-refractivity contribution in [3.63, 3.8) is 0 Å². The van der Waals surface area contributed by atoms with Gasteiger partial charge in [-0.05, 0) is 61.6 Å². The monoisotopic (exact) mass is 471 g/mol. The number of carboxylic acids is 1. The van der Waals surface area contributed by atoms with Gasteiger partial charge in [-0.25, -0.2) is 4.79 Å². The molecular weight excluding hydrogens is 434 g/mol. The Morgan fingerprint density at radius 3 is 2.53 bits per heavy atom. The summed E-state index contributed by atoms with van der Waals surface area (Å²) >= 11 is 0. The molecule has 0 spiro atoms. The summed E-state index contributed by atoms with van der Waals surface area (Å²) in [4.78, 5) is 31.3. The van der Waals surface area contributed by atoms with Gasteiger partial charge in [-0.3, -0.25) is 9.79 Å². The minimum absolute atomic E-state index is 0.0111. The minimum Gasteiger partial charge on any atom is -0.493 e. The van der Waals surface area contributed by atoms with Gasteiger partial charge in [0.2, 0.25) is 0 Å². The second-order valence-electron chi connectivity index (χ2n) is 9.78. The van der Waals surface area contributed by atoms with Gasteiger partial charge < -0.3 is 24.8 Å². The van der Waals surface area contributed by atoms with E-state index < -0.39 is 5.97 Å². The van der Waals surface area contributed by atoms with Crippen molar-refractivity contribution in [1.29, 1.82) is 0 Å². The molecule has 2 aliphatic heterocycles. The lowest BCUT2D eigenvalue weighted by Crippen LogP contribution is -2.51. The van der Waals surface area contributed by atoms with E-state index >= 15 is 0 Å². The van der Waals surface area contributed by atoms with E-state index in [4.69, 9.17) is 14.5 Å². The molecular formula is C26H37N3O5. The summed E-state index contributed by atoms with van der Waals surface area (Å²) in [6.45, 7) is 1.85. The zero-order valence-corrected chi connectivity index (χ0v) is 20.3. The second kappa shape index (κ2) is 11.1. The number of likely N-dealkylation sites (tertiary alicyclic amines) is 1. The molecule has 1 aromatic rings. The van der Waals surface area contributed by atoms with Gasteiger partial charge in [-0.1, -0.05) is 19.3 Å². The summed E-state index contributed by atoms with van der Waals surface area (Å²) in [6.07, 6.45) is 7.97. The maximum absolute atomic E-state index is 13.0. The predicted molar refractivity (Wildman–Crippen MR) is 130 cm³/mol. The summed E-state index contributed by atoms with van der Waals surface area (Å²) < 4.78 is 11.0. The number of carbonyl (C=O) groups is 2. The van der Waals surface area contributed by atoms with E-state index in [-0.39, 0.29) is 30.3 Å². The van der Waals surface area contributed by atoms with Crippen LogP contribution in [0.1, 0.15) is 62.5 Å². The van der Waals surface area contributed by atoms with Crippen LogP contribution in [-0.4, -0.2) is 67.6 Å². The van der Waals surface area contributed by atoms with Gasteiger partial charge in [0.15, 0.2) is 11.5 Å². The first kappa shape index (κ1) is 24.4. The lowest BCUT2D eigenvalue weighted by Gasteiger charge is -2.39. The highest BCUT2D eigenvalue weighted by molar-refractivity contribution is 6.03. The van der Waals surface area contributed by atoms with E-state index in [1.165, 1.54) is 24.8 Å². The number of aliphatic carboxylic acids is 1. The van der Waals surface area contributed by atoms with Crippen LogP contribution in [0.4, 0.5) is 4.79 Å². The van der Waals surface area contributed by atoms with Gasteiger partial charge >= 0.3 is 12.0 Å². The SMILES string of the molecule is COc1cc2c(cc1OC)C(C[C@H]1CN(C(=O)NC3CCCCC3)CC[C@H]1CC(=O)O)=NCC2. The maximum Gasteiger partial charge on any atom is 0.317 e. The number of urea groups is 1. The summed E-state index contributed by atoms with van der Waals surface area (Å²) in [5, 5.41) is 12.7. The van der Waals surface area contributed by atoms with Gasteiger partial charge in [0.05, 0.1) is 14.2 Å². The summed E-state index contributed by atoms with van der Waals surface area (Å²) in [5.41, 5.74) is 3.18. The van der Waals surface area contributed by atoms with Gasteiger partial charge in [0.25, 0.3) is 0 Å². The number of hydrogen-bond donors (Lipinski definition) is 2. The summed E-state index contributed by atoms with van der Waals surface area (Å²) in [5.74, 6) is 0.640. The fourth-order valence-electron chi connectivity index (χ4n) is 5.72. The van der Waals surface area contributed by atoms with Crippen LogP contribution >= 0.6 is 0 Å². The number of fused-ring (bicyclic) bond motifs is 1. The fraction of sp³-hybridized carbons (Fsp3) is 0.654. The molecule has 2 fully saturated rings. The fourth-order valence-corrected chi connectivity index (χ4v) is 5.72. The van der Waals surface area contributed by atoms with E-state index in [2.05, 4.69) is 5.32 Å². The lowest BCUT2D eigenvalue weighted by molar-refractivity contribution is -0.138. The van der Waals surface area contributed by atoms with Crippen LogP contribution in [-0.2, 0) is 11.2 Å². The van der Waals surface area contributed by atoms with Crippen LogP contribution in [0, 0.1) is 11.8 Å². The number of ether oxygens (including phenoxy) is 2. The standard InChI is InChI=1S/C26H37N3O5/c1-33-23-13-18-8-10-27-22(21(18)15-24(23)34-2)12-19-16-29(11-9-17(19)14-25(30)31)26(32)28-20-6-4-3-5-7-20/h13,15,17,19-20H,3-12,14,16H2,1-2H3,(H,28,32)(H,30,31)/t17-,19-/m0/s1. The van der Waals surface area contributed by atoms with Crippen molar-refractivity contribution in [3.05, 3.63) is 23.3 Å². The molecule has 2 N–H and O–H groups in total. The van der Waals surface area contributed by atoms with Crippen LogP contribution in [0.25, 0.3) is 0 Å². The van der Waals surface area contributed by atoms with Crippen LogP contribution in [0.5, 0.6) is 11.5 Å². The Bertz CT molecular complexity index is 925. The van der Waals surface area contributed by atoms with Crippen molar-refractivity contribution < 1.29 is 24.2 Å². The Hall–Kier alpha value is -2.77. The molecule has 2 atom stereocenters. The van der Waals surface area contributed by atoms with Gasteiger partial charge in [-0.15, -0.1) is 0 Å². The molecule has 34 heavy (non-hydrogen) atoms. The van der Waals surface area contributed by atoms with Crippen molar-refractivity contribution in [2.75, 3.05) is 33.9 Å². The molecule has 0 aromatic heterocycles. The molecule has 1 saturated carbocycles. The highest BCUT2D eigenvalue weighted by Gasteiger charge is 2.35. The van der Waals surface area contributed by atoms with Crippen molar-refractivity contribution in [2.45, 2.75) is 63.8 Å². The third-order valence-electron chi connectivity index (χ3n) is 7.61. The Balaban J connectivity index is 1.51. The maximum atomic E-state index is 13.0. The van der Waals surface area contributed by atoms with Gasteiger partial charge in [0, 0.05) is 43.4 Å². The number of nitrogens with zero attached hydrogens (tertiary/aromatic N) is 2. The molecule has 0 radical (unpaired) electrons. The summed E-state index contributed by atoms with van der Waals surface area (Å²) in [6, 6.07) is 4.24. The molecule has 0 unspecified atom stereocenters. The molecule has 8 nitrogen and oxygen atoms in total. The number of methoxy groups -OCH3 is 2. The first-order valence-electron chi connectivity index (χ1n) is 12.5. The number of amides is 2. The van der Waals surface area contributed by atoms with E-state index in [0.29, 0.717) is 44.0 Å². The van der Waals surface area contributed by atoms with Crippen LogP contribution in [0.15, 0.2) is 17.1 Å². The number of piperidine rings is 1. The van der Waals surface area contributed by atoms with E-state index in [9.17, 15) is 14.7 Å². The van der Waals surface area contributed by atoms with Crippen molar-refractivity contribution in [3.8, 4) is 11.5 Å². The average Bonchev–Trinajstić information content (AvgIpc) is 2.84. The Morgan fingerprint density at radius 2 is 1.82 bits per heavy atom. The zero-order chi connectivity index (χ0) is 24.1. The largest absolute Gasteiger partial charge is 0.493 e. The van der Waals surface area contributed by atoms with E-state index in [0.717, 1.165) is 30.5 Å². The number of aliphatic imine (C=N–C) groups is 1.